The lowest BCUT2D eigenvalue weighted by molar-refractivity contribution is -0.123. The van der Waals surface area contributed by atoms with Gasteiger partial charge in [-0.1, -0.05) is 12.1 Å². The smallest absolute Gasteiger partial charge is 0.340 e. The minimum atomic E-state index is -0.953. The fraction of sp³-hybridized carbons (Fsp3) is 0.118. The number of nitrogens with one attached hydrogen (secondary N) is 1. The van der Waals surface area contributed by atoms with Crippen LogP contribution in [0.1, 0.15) is 22.8 Å². The number of rotatable bonds is 4. The molecule has 1 N–H and O–H groups in total. The molecule has 0 aliphatic carbocycles. The number of nitrogens with zero attached hydrogens (tertiary/aromatic N) is 1. The third-order valence-corrected chi connectivity index (χ3v) is 3.72. The third-order valence-electron chi connectivity index (χ3n) is 3.03. The second-order valence-corrected chi connectivity index (χ2v) is 5.56. The Kier molecular flexibility index (Phi) is 5.50. The third kappa shape index (κ3) is 4.41. The number of benzene rings is 2. The van der Waals surface area contributed by atoms with Crippen molar-refractivity contribution in [3.8, 4) is 6.07 Å². The molecule has 0 aromatic heterocycles. The van der Waals surface area contributed by atoms with Crippen LogP contribution in [0.15, 0.2) is 53.0 Å². The van der Waals surface area contributed by atoms with E-state index in [1.807, 2.05) is 6.07 Å². The highest BCUT2D eigenvalue weighted by Gasteiger charge is 2.20. The molecule has 1 atom stereocenters. The Morgan fingerprint density at radius 3 is 2.43 bits per heavy atom. The standard InChI is InChI=1S/C17H13BrN2O3/c1-11(23-17(22)14-4-2-3-5-15(14)18)16(21)20-13-8-6-12(10-19)7-9-13/h2-9,11H,1H3,(H,20,21)/t11-/m0/s1. The zero-order valence-corrected chi connectivity index (χ0v) is 13.8. The van der Waals surface area contributed by atoms with Gasteiger partial charge in [-0.05, 0) is 59.3 Å². The molecule has 5 nitrogen and oxygen atoms in total. The average molecular weight is 373 g/mol. The van der Waals surface area contributed by atoms with Crippen molar-refractivity contribution in [1.29, 1.82) is 5.26 Å². The van der Waals surface area contributed by atoms with Crippen LogP contribution in [0.3, 0.4) is 0 Å². The summed E-state index contributed by atoms with van der Waals surface area (Å²) in [6.07, 6.45) is -0.953. The molecule has 2 rings (SSSR count). The SMILES string of the molecule is C[C@H](OC(=O)c1ccccc1Br)C(=O)Nc1ccc(C#N)cc1. The highest BCUT2D eigenvalue weighted by Crippen LogP contribution is 2.18. The second-order valence-electron chi connectivity index (χ2n) is 4.71. The molecular formula is C17H13BrN2O3. The van der Waals surface area contributed by atoms with Crippen molar-refractivity contribution in [2.75, 3.05) is 5.32 Å². The fourth-order valence-corrected chi connectivity index (χ4v) is 2.22. The number of amides is 1. The van der Waals surface area contributed by atoms with Crippen LogP contribution in [-0.2, 0) is 9.53 Å². The summed E-state index contributed by atoms with van der Waals surface area (Å²) in [6, 6.07) is 15.2. The van der Waals surface area contributed by atoms with Crippen LogP contribution in [0.4, 0.5) is 5.69 Å². The van der Waals surface area contributed by atoms with Gasteiger partial charge in [-0.15, -0.1) is 0 Å². The van der Waals surface area contributed by atoms with E-state index in [0.717, 1.165) is 0 Å². The van der Waals surface area contributed by atoms with Gasteiger partial charge in [-0.2, -0.15) is 5.26 Å². The molecule has 0 bridgehead atoms. The van der Waals surface area contributed by atoms with E-state index in [-0.39, 0.29) is 0 Å². The lowest BCUT2D eigenvalue weighted by Gasteiger charge is -2.14. The predicted molar refractivity (Wildman–Crippen MR) is 88.8 cm³/mol. The van der Waals surface area contributed by atoms with E-state index >= 15 is 0 Å². The summed E-state index contributed by atoms with van der Waals surface area (Å²) < 4.78 is 5.76. The van der Waals surface area contributed by atoms with Gasteiger partial charge in [-0.25, -0.2) is 4.79 Å². The van der Waals surface area contributed by atoms with E-state index < -0.39 is 18.0 Å². The van der Waals surface area contributed by atoms with Gasteiger partial charge in [0.05, 0.1) is 17.2 Å². The molecule has 0 unspecified atom stereocenters. The summed E-state index contributed by atoms with van der Waals surface area (Å²) in [7, 11) is 0. The molecule has 0 saturated heterocycles. The van der Waals surface area contributed by atoms with E-state index in [1.54, 1.807) is 48.5 Å². The Morgan fingerprint density at radius 1 is 1.17 bits per heavy atom. The van der Waals surface area contributed by atoms with Gasteiger partial charge in [-0.3, -0.25) is 4.79 Å². The number of halogens is 1. The quantitative estimate of drug-likeness (QED) is 0.832. The molecule has 6 heteroatoms. The molecule has 1 amide bonds. The first-order chi connectivity index (χ1) is 11.0. The molecule has 0 aliphatic rings. The van der Waals surface area contributed by atoms with Gasteiger partial charge in [0.15, 0.2) is 6.10 Å². The summed E-state index contributed by atoms with van der Waals surface area (Å²) >= 11 is 3.26. The van der Waals surface area contributed by atoms with Crippen LogP contribution in [0, 0.1) is 11.3 Å². The lowest BCUT2D eigenvalue weighted by Crippen LogP contribution is -2.30. The van der Waals surface area contributed by atoms with E-state index in [2.05, 4.69) is 21.2 Å². The summed E-state index contributed by atoms with van der Waals surface area (Å²) in [6.45, 7) is 1.49. The van der Waals surface area contributed by atoms with Gasteiger partial charge < -0.3 is 10.1 Å². The maximum Gasteiger partial charge on any atom is 0.340 e. The number of nitriles is 1. The first-order valence-electron chi connectivity index (χ1n) is 6.78. The van der Waals surface area contributed by atoms with Crippen LogP contribution in [-0.4, -0.2) is 18.0 Å². The van der Waals surface area contributed by atoms with Gasteiger partial charge in [0.2, 0.25) is 0 Å². The maximum absolute atomic E-state index is 12.1. The van der Waals surface area contributed by atoms with Crippen LogP contribution in [0.25, 0.3) is 0 Å². The molecule has 0 radical (unpaired) electrons. The van der Waals surface area contributed by atoms with E-state index in [0.29, 0.717) is 21.3 Å². The van der Waals surface area contributed by atoms with Crippen molar-refractivity contribution in [3.05, 3.63) is 64.1 Å². The number of hydrogen-bond donors (Lipinski definition) is 1. The number of carbonyl (C=O) groups is 2. The molecule has 116 valence electrons. The topological polar surface area (TPSA) is 79.2 Å². The lowest BCUT2D eigenvalue weighted by atomic mass is 10.2. The minimum Gasteiger partial charge on any atom is -0.449 e. The molecule has 0 heterocycles. The van der Waals surface area contributed by atoms with Crippen LogP contribution >= 0.6 is 15.9 Å². The van der Waals surface area contributed by atoms with E-state index in [1.165, 1.54) is 6.92 Å². The van der Waals surface area contributed by atoms with Gasteiger partial charge in [0.25, 0.3) is 5.91 Å². The Hall–Kier alpha value is -2.65. The van der Waals surface area contributed by atoms with Crippen molar-refractivity contribution in [3.63, 3.8) is 0 Å². The Balaban J connectivity index is 1.98. The number of carbonyl (C=O) groups excluding carboxylic acids is 2. The van der Waals surface area contributed by atoms with Gasteiger partial charge in [0, 0.05) is 10.2 Å². The van der Waals surface area contributed by atoms with Crippen molar-refractivity contribution in [2.45, 2.75) is 13.0 Å². The summed E-state index contributed by atoms with van der Waals surface area (Å²) in [4.78, 5) is 24.1. The number of anilines is 1. The molecule has 2 aromatic rings. The average Bonchev–Trinajstić information content (AvgIpc) is 2.55. The van der Waals surface area contributed by atoms with Crippen molar-refractivity contribution >= 4 is 33.5 Å². The highest BCUT2D eigenvalue weighted by molar-refractivity contribution is 9.10. The highest BCUT2D eigenvalue weighted by atomic mass is 79.9. The van der Waals surface area contributed by atoms with Crippen LogP contribution < -0.4 is 5.32 Å². The van der Waals surface area contributed by atoms with Crippen molar-refractivity contribution in [1.82, 2.24) is 0 Å². The molecule has 0 fully saturated rings. The van der Waals surface area contributed by atoms with Crippen molar-refractivity contribution < 1.29 is 14.3 Å². The zero-order chi connectivity index (χ0) is 16.8. The zero-order valence-electron chi connectivity index (χ0n) is 12.2. The number of esters is 1. The molecule has 23 heavy (non-hydrogen) atoms. The number of hydrogen-bond acceptors (Lipinski definition) is 4. The number of ether oxygens (including phenoxy) is 1. The van der Waals surface area contributed by atoms with Gasteiger partial charge in [0.1, 0.15) is 0 Å². The normalized spacial score (nSPS) is 11.2. The maximum atomic E-state index is 12.1. The van der Waals surface area contributed by atoms with Crippen molar-refractivity contribution in [2.24, 2.45) is 0 Å². The molecule has 0 saturated carbocycles. The Bertz CT molecular complexity index is 766. The Morgan fingerprint density at radius 2 is 1.83 bits per heavy atom. The summed E-state index contributed by atoms with van der Waals surface area (Å²) in [5.74, 6) is -1.03. The molecule has 2 aromatic carbocycles. The first-order valence-corrected chi connectivity index (χ1v) is 7.57. The Labute approximate surface area is 142 Å². The van der Waals surface area contributed by atoms with E-state index in [9.17, 15) is 9.59 Å². The van der Waals surface area contributed by atoms with Crippen LogP contribution in [0.2, 0.25) is 0 Å². The second kappa shape index (κ2) is 7.56. The largest absolute Gasteiger partial charge is 0.449 e. The molecular weight excluding hydrogens is 360 g/mol. The predicted octanol–water partition coefficient (Wildman–Crippen LogP) is 3.50. The van der Waals surface area contributed by atoms with Gasteiger partial charge >= 0.3 is 5.97 Å². The monoisotopic (exact) mass is 372 g/mol. The first kappa shape index (κ1) is 16.7. The van der Waals surface area contributed by atoms with E-state index in [4.69, 9.17) is 10.00 Å². The molecule has 0 aliphatic heterocycles. The van der Waals surface area contributed by atoms with Crippen LogP contribution in [0.5, 0.6) is 0 Å². The molecule has 0 spiro atoms. The summed E-state index contributed by atoms with van der Waals surface area (Å²) in [5, 5.41) is 11.4. The minimum absolute atomic E-state index is 0.352. The fourth-order valence-electron chi connectivity index (χ4n) is 1.78. The summed E-state index contributed by atoms with van der Waals surface area (Å²) in [5.41, 5.74) is 1.37.